The third kappa shape index (κ3) is 4.62. The Labute approximate surface area is 82.4 Å². The van der Waals surface area contributed by atoms with Crippen LogP contribution in [-0.4, -0.2) is 29.4 Å². The molecule has 0 aliphatic carbocycles. The molecule has 0 atom stereocenters. The van der Waals surface area contributed by atoms with Gasteiger partial charge in [-0.05, 0) is 19.3 Å². The number of carbonyl (C=O) groups excluding carboxylic acids is 1. The average molecular weight is 198 g/mol. The maximum Gasteiger partial charge on any atom is 0.209 e. The molecular formula is C9H14N2OS. The van der Waals surface area contributed by atoms with Crippen LogP contribution in [-0.2, 0) is 4.79 Å². The third-order valence-electron chi connectivity index (χ3n) is 1.89. The number of piperidine rings is 1. The zero-order chi connectivity index (χ0) is 9.36. The second-order valence-electron chi connectivity index (χ2n) is 2.88. The van der Waals surface area contributed by atoms with Gasteiger partial charge in [-0.25, -0.2) is 0 Å². The molecule has 0 N–H and O–H groups in total. The van der Waals surface area contributed by atoms with Crippen molar-refractivity contribution in [2.75, 3.05) is 13.1 Å². The summed E-state index contributed by atoms with van der Waals surface area (Å²) in [4.78, 5) is 15.7. The first-order valence-electron chi connectivity index (χ1n) is 4.45. The highest BCUT2D eigenvalue weighted by atomic mass is 32.1. The molecule has 0 bridgehead atoms. The number of rotatable bonds is 1. The van der Waals surface area contributed by atoms with Crippen molar-refractivity contribution in [2.24, 2.45) is 0 Å². The lowest BCUT2D eigenvalue weighted by atomic mass is 10.1. The highest BCUT2D eigenvalue weighted by Crippen LogP contribution is 2.05. The molecule has 1 aromatic rings. The van der Waals surface area contributed by atoms with Crippen LogP contribution in [0.1, 0.15) is 19.3 Å². The smallest absolute Gasteiger partial charge is 0.209 e. The molecule has 1 saturated heterocycles. The van der Waals surface area contributed by atoms with Gasteiger partial charge < -0.3 is 4.90 Å². The van der Waals surface area contributed by atoms with Crippen molar-refractivity contribution in [3.8, 4) is 0 Å². The molecule has 1 aliphatic rings. The van der Waals surface area contributed by atoms with Gasteiger partial charge in [-0.3, -0.25) is 9.78 Å². The molecule has 0 saturated carbocycles. The lowest BCUT2D eigenvalue weighted by molar-refractivity contribution is -0.118. The predicted octanol–water partition coefficient (Wildman–Crippen LogP) is 1.77. The van der Waals surface area contributed by atoms with Crippen LogP contribution in [0.2, 0.25) is 0 Å². The molecule has 0 radical (unpaired) electrons. The Bertz CT molecular complexity index is 190. The summed E-state index contributed by atoms with van der Waals surface area (Å²) in [5.41, 5.74) is 1.79. The number of hydrogen-bond donors (Lipinski definition) is 0. The van der Waals surface area contributed by atoms with Crippen LogP contribution in [0.3, 0.4) is 0 Å². The standard InChI is InChI=1S/C6H11NO.C3H3NS/c8-6-7-4-2-1-3-5-7;1-2-5-3-4-1/h6H,1-5H2;1-3H. The zero-order valence-corrected chi connectivity index (χ0v) is 8.37. The summed E-state index contributed by atoms with van der Waals surface area (Å²) >= 11 is 1.60. The second-order valence-corrected chi connectivity index (χ2v) is 3.63. The van der Waals surface area contributed by atoms with Crippen molar-refractivity contribution in [3.63, 3.8) is 0 Å². The summed E-state index contributed by atoms with van der Waals surface area (Å²) in [6.45, 7) is 1.95. The highest BCUT2D eigenvalue weighted by molar-refractivity contribution is 7.07. The minimum atomic E-state index is 0.944. The monoisotopic (exact) mass is 198 g/mol. The number of carbonyl (C=O) groups is 1. The molecule has 1 amide bonds. The molecule has 2 heterocycles. The van der Waals surface area contributed by atoms with Crippen LogP contribution < -0.4 is 0 Å². The first kappa shape index (κ1) is 10.2. The lowest BCUT2D eigenvalue weighted by Gasteiger charge is -2.21. The van der Waals surface area contributed by atoms with E-state index in [1.807, 2.05) is 10.3 Å². The molecule has 2 rings (SSSR count). The van der Waals surface area contributed by atoms with E-state index < -0.39 is 0 Å². The normalized spacial score (nSPS) is 15.8. The molecule has 0 unspecified atom stereocenters. The molecule has 13 heavy (non-hydrogen) atoms. The van der Waals surface area contributed by atoms with E-state index in [0.717, 1.165) is 19.5 Å². The maximum atomic E-state index is 10.1. The van der Waals surface area contributed by atoms with Gasteiger partial charge in [-0.1, -0.05) is 0 Å². The van der Waals surface area contributed by atoms with E-state index in [-0.39, 0.29) is 0 Å². The van der Waals surface area contributed by atoms with Crippen molar-refractivity contribution >= 4 is 17.7 Å². The van der Waals surface area contributed by atoms with Gasteiger partial charge >= 0.3 is 0 Å². The van der Waals surface area contributed by atoms with Gasteiger partial charge in [0.05, 0.1) is 5.51 Å². The predicted molar refractivity (Wildman–Crippen MR) is 53.6 cm³/mol. The highest BCUT2D eigenvalue weighted by Gasteiger charge is 2.05. The fraction of sp³-hybridized carbons (Fsp3) is 0.556. The Hall–Kier alpha value is -0.900. The van der Waals surface area contributed by atoms with Gasteiger partial charge in [0.25, 0.3) is 0 Å². The SMILES string of the molecule is O=CN1CCCCC1.c1cscn1. The van der Waals surface area contributed by atoms with Gasteiger partial charge in [0.15, 0.2) is 0 Å². The zero-order valence-electron chi connectivity index (χ0n) is 7.56. The van der Waals surface area contributed by atoms with Gasteiger partial charge in [0.2, 0.25) is 6.41 Å². The third-order valence-corrected chi connectivity index (χ3v) is 2.41. The molecule has 4 heteroatoms. The van der Waals surface area contributed by atoms with Gasteiger partial charge in [0.1, 0.15) is 0 Å². The number of aromatic nitrogens is 1. The molecular weight excluding hydrogens is 184 g/mol. The van der Waals surface area contributed by atoms with Crippen molar-refractivity contribution in [3.05, 3.63) is 17.1 Å². The molecule has 1 fully saturated rings. The maximum absolute atomic E-state index is 10.1. The van der Waals surface area contributed by atoms with Crippen molar-refractivity contribution in [2.45, 2.75) is 19.3 Å². The average Bonchev–Trinajstić information content (AvgIpc) is 2.77. The van der Waals surface area contributed by atoms with Crippen LogP contribution in [0.5, 0.6) is 0 Å². The fourth-order valence-electron chi connectivity index (χ4n) is 1.20. The topological polar surface area (TPSA) is 33.2 Å². The van der Waals surface area contributed by atoms with Gasteiger partial charge in [-0.2, -0.15) is 0 Å². The Morgan fingerprint density at radius 3 is 2.38 bits per heavy atom. The van der Waals surface area contributed by atoms with Crippen LogP contribution in [0.25, 0.3) is 0 Å². The number of likely N-dealkylation sites (tertiary alicyclic amines) is 1. The minimum absolute atomic E-state index is 0.944. The van der Waals surface area contributed by atoms with E-state index in [1.54, 1.807) is 23.0 Å². The van der Waals surface area contributed by atoms with Crippen molar-refractivity contribution in [1.82, 2.24) is 9.88 Å². The summed E-state index contributed by atoms with van der Waals surface area (Å²) in [6, 6.07) is 0. The molecule has 1 aromatic heterocycles. The summed E-state index contributed by atoms with van der Waals surface area (Å²) < 4.78 is 0. The number of nitrogens with zero attached hydrogens (tertiary/aromatic N) is 2. The minimum Gasteiger partial charge on any atom is -0.345 e. The van der Waals surface area contributed by atoms with Crippen LogP contribution in [0.15, 0.2) is 17.1 Å². The van der Waals surface area contributed by atoms with Crippen molar-refractivity contribution in [1.29, 1.82) is 0 Å². The van der Waals surface area contributed by atoms with E-state index >= 15 is 0 Å². The Balaban J connectivity index is 0.000000145. The fourth-order valence-corrected chi connectivity index (χ4v) is 1.55. The van der Waals surface area contributed by atoms with E-state index in [4.69, 9.17) is 0 Å². The Kier molecular flexibility index (Phi) is 5.17. The summed E-state index contributed by atoms with van der Waals surface area (Å²) in [5, 5.41) is 1.93. The van der Waals surface area contributed by atoms with E-state index in [1.165, 1.54) is 19.3 Å². The summed E-state index contributed by atoms with van der Waals surface area (Å²) in [7, 11) is 0. The Morgan fingerprint density at radius 1 is 1.31 bits per heavy atom. The molecule has 0 spiro atoms. The number of hydrogen-bond acceptors (Lipinski definition) is 3. The summed E-state index contributed by atoms with van der Waals surface area (Å²) in [5.74, 6) is 0. The molecule has 0 aromatic carbocycles. The number of amides is 1. The van der Waals surface area contributed by atoms with E-state index in [9.17, 15) is 4.79 Å². The first-order chi connectivity index (χ1) is 6.43. The van der Waals surface area contributed by atoms with Crippen molar-refractivity contribution < 1.29 is 4.79 Å². The van der Waals surface area contributed by atoms with Gasteiger partial charge in [0, 0.05) is 24.7 Å². The first-order valence-corrected chi connectivity index (χ1v) is 5.39. The van der Waals surface area contributed by atoms with Crippen LogP contribution in [0.4, 0.5) is 0 Å². The van der Waals surface area contributed by atoms with Gasteiger partial charge in [-0.15, -0.1) is 11.3 Å². The second kappa shape index (κ2) is 6.60. The lowest BCUT2D eigenvalue weighted by Crippen LogP contribution is -2.27. The Morgan fingerprint density at radius 2 is 2.08 bits per heavy atom. The van der Waals surface area contributed by atoms with Crippen LogP contribution in [0, 0.1) is 0 Å². The quantitative estimate of drug-likeness (QED) is 0.644. The molecule has 3 nitrogen and oxygen atoms in total. The summed E-state index contributed by atoms with van der Waals surface area (Å²) in [6.07, 6.45) is 6.39. The largest absolute Gasteiger partial charge is 0.345 e. The van der Waals surface area contributed by atoms with E-state index in [2.05, 4.69) is 4.98 Å². The molecule has 1 aliphatic heterocycles. The number of thiazole rings is 1. The van der Waals surface area contributed by atoms with E-state index in [0.29, 0.717) is 0 Å². The molecule has 72 valence electrons. The van der Waals surface area contributed by atoms with Crippen LogP contribution >= 0.6 is 11.3 Å².